The van der Waals surface area contributed by atoms with Crippen LogP contribution in [-0.2, 0) is 12.7 Å². The van der Waals surface area contributed by atoms with E-state index in [1.165, 1.54) is 12.1 Å². The lowest BCUT2D eigenvalue weighted by atomic mass is 9.99. The first-order valence-corrected chi connectivity index (χ1v) is 12.1. The fourth-order valence-electron chi connectivity index (χ4n) is 3.99. The van der Waals surface area contributed by atoms with E-state index in [1.54, 1.807) is 12.1 Å². The molecule has 0 aliphatic heterocycles. The summed E-state index contributed by atoms with van der Waals surface area (Å²) in [7, 11) is 3.98. The van der Waals surface area contributed by atoms with Gasteiger partial charge in [0.15, 0.2) is 11.5 Å². The van der Waals surface area contributed by atoms with Crippen LogP contribution in [0, 0.1) is 0 Å². The number of hydrogen-bond donors (Lipinski definition) is 3. The van der Waals surface area contributed by atoms with Gasteiger partial charge in [0.05, 0.1) is 17.5 Å². The molecule has 0 saturated carbocycles. The third kappa shape index (κ3) is 6.05. The maximum atomic E-state index is 12.9. The van der Waals surface area contributed by atoms with Crippen LogP contribution in [0.5, 0.6) is 0 Å². The second-order valence-corrected chi connectivity index (χ2v) is 9.59. The van der Waals surface area contributed by atoms with E-state index in [9.17, 15) is 18.0 Å². The van der Waals surface area contributed by atoms with Crippen LogP contribution in [0.4, 0.5) is 35.2 Å². The van der Waals surface area contributed by atoms with Gasteiger partial charge in [-0.3, -0.25) is 0 Å². The number of nitrogens with two attached hydrogens (primary N) is 1. The molecule has 0 unspecified atom stereocenters. The Morgan fingerprint density at radius 2 is 1.74 bits per heavy atom. The Morgan fingerprint density at radius 3 is 2.37 bits per heavy atom. The molecule has 0 radical (unpaired) electrons. The molecule has 0 atom stereocenters. The molecule has 38 heavy (non-hydrogen) atoms. The van der Waals surface area contributed by atoms with Crippen LogP contribution in [0.25, 0.3) is 22.2 Å². The maximum absolute atomic E-state index is 12.9. The van der Waals surface area contributed by atoms with Crippen LogP contribution in [0.2, 0.25) is 0 Å². The summed E-state index contributed by atoms with van der Waals surface area (Å²) < 4.78 is 40.7. The number of likely N-dealkylation sites (N-methyl/N-ethyl adjacent to an activating group) is 1. The van der Waals surface area contributed by atoms with Gasteiger partial charge in [0, 0.05) is 23.6 Å². The SMILES string of the molecule is CC(C)c1cc(-c2ccc(NC(=O)Nc3cccc(C(F)(F)F)c3)cc2)c2c(N)nn(CCN(C)C)c2n1. The third-order valence-corrected chi connectivity index (χ3v) is 6.00. The van der Waals surface area contributed by atoms with Crippen LogP contribution in [0.1, 0.15) is 31.0 Å². The molecule has 2 aromatic carbocycles. The largest absolute Gasteiger partial charge is 0.416 e. The average Bonchev–Trinajstić information content (AvgIpc) is 3.17. The molecule has 4 rings (SSSR count). The topological polar surface area (TPSA) is 101 Å². The Hall–Kier alpha value is -4.12. The number of amides is 2. The van der Waals surface area contributed by atoms with Gasteiger partial charge in [-0.05, 0) is 67.5 Å². The smallest absolute Gasteiger partial charge is 0.382 e. The molecule has 4 aromatic rings. The minimum atomic E-state index is -4.50. The van der Waals surface area contributed by atoms with Gasteiger partial charge in [-0.25, -0.2) is 14.5 Å². The van der Waals surface area contributed by atoms with Crippen molar-refractivity contribution in [3.63, 3.8) is 0 Å². The number of benzene rings is 2. The standard InChI is InChI=1S/C27H30F3N7O/c1-16(2)22-15-21(23-24(31)35-37(25(23)34-22)13-12-36(3)4)17-8-10-19(11-9-17)32-26(38)33-20-7-5-6-18(14-20)27(28,29)30/h5-11,14-16H,12-13H2,1-4H3,(H2,31,35)(H2,32,33,38). The van der Waals surface area contributed by atoms with E-state index in [1.807, 2.05) is 37.0 Å². The van der Waals surface area contributed by atoms with Crippen LogP contribution < -0.4 is 16.4 Å². The van der Waals surface area contributed by atoms with Gasteiger partial charge in [-0.1, -0.05) is 32.0 Å². The van der Waals surface area contributed by atoms with Gasteiger partial charge in [-0.15, -0.1) is 0 Å². The van der Waals surface area contributed by atoms with Crippen LogP contribution in [0.15, 0.2) is 54.6 Å². The maximum Gasteiger partial charge on any atom is 0.416 e. The van der Waals surface area contributed by atoms with Crippen LogP contribution >= 0.6 is 0 Å². The van der Waals surface area contributed by atoms with Crippen molar-refractivity contribution in [1.29, 1.82) is 0 Å². The summed E-state index contributed by atoms with van der Waals surface area (Å²) in [4.78, 5) is 19.3. The molecule has 2 heterocycles. The number of urea groups is 1. The van der Waals surface area contributed by atoms with E-state index in [0.717, 1.165) is 40.9 Å². The molecule has 11 heteroatoms. The first kappa shape index (κ1) is 26.9. The predicted octanol–water partition coefficient (Wildman–Crippen LogP) is 6.03. The summed E-state index contributed by atoms with van der Waals surface area (Å²) in [6.45, 7) is 5.55. The van der Waals surface area contributed by atoms with Crippen molar-refractivity contribution < 1.29 is 18.0 Å². The number of hydrogen-bond acceptors (Lipinski definition) is 5. The van der Waals surface area contributed by atoms with Crippen molar-refractivity contribution in [3.05, 3.63) is 65.9 Å². The average molecular weight is 526 g/mol. The number of fused-ring (bicyclic) bond motifs is 1. The van der Waals surface area contributed by atoms with Crippen LogP contribution in [-0.4, -0.2) is 46.3 Å². The molecule has 0 aliphatic rings. The van der Waals surface area contributed by atoms with Crippen molar-refractivity contribution in [1.82, 2.24) is 19.7 Å². The molecule has 0 saturated heterocycles. The molecule has 2 amide bonds. The van der Waals surface area contributed by atoms with Crippen molar-refractivity contribution in [3.8, 4) is 11.1 Å². The molecular weight excluding hydrogens is 495 g/mol. The third-order valence-electron chi connectivity index (χ3n) is 6.00. The molecule has 2 aromatic heterocycles. The Balaban J connectivity index is 1.58. The Labute approximate surface area is 218 Å². The first-order chi connectivity index (χ1) is 17.9. The van der Waals surface area contributed by atoms with E-state index >= 15 is 0 Å². The zero-order valence-corrected chi connectivity index (χ0v) is 21.6. The molecule has 0 aliphatic carbocycles. The number of nitrogens with zero attached hydrogens (tertiary/aromatic N) is 4. The lowest BCUT2D eigenvalue weighted by Crippen LogP contribution is -2.19. The number of nitrogens with one attached hydrogen (secondary N) is 2. The highest BCUT2D eigenvalue weighted by molar-refractivity contribution is 6.02. The summed E-state index contributed by atoms with van der Waals surface area (Å²) in [6, 6.07) is 12.9. The van der Waals surface area contributed by atoms with E-state index in [0.29, 0.717) is 23.7 Å². The Morgan fingerprint density at radius 1 is 1.05 bits per heavy atom. The normalized spacial score (nSPS) is 11.9. The number of anilines is 3. The monoisotopic (exact) mass is 525 g/mol. The zero-order valence-electron chi connectivity index (χ0n) is 21.6. The van der Waals surface area contributed by atoms with Gasteiger partial charge in [0.2, 0.25) is 0 Å². The molecular formula is C27H30F3N7O. The van der Waals surface area contributed by atoms with Gasteiger partial charge in [0.25, 0.3) is 0 Å². The molecule has 0 bridgehead atoms. The van der Waals surface area contributed by atoms with Crippen molar-refractivity contribution in [2.24, 2.45) is 0 Å². The number of aromatic nitrogens is 3. The van der Waals surface area contributed by atoms with Gasteiger partial charge in [0.1, 0.15) is 0 Å². The van der Waals surface area contributed by atoms with Gasteiger partial charge in [-0.2, -0.15) is 18.3 Å². The zero-order chi connectivity index (χ0) is 27.6. The highest BCUT2D eigenvalue weighted by Crippen LogP contribution is 2.35. The number of rotatable bonds is 7. The van der Waals surface area contributed by atoms with Crippen molar-refractivity contribution in [2.45, 2.75) is 32.5 Å². The summed E-state index contributed by atoms with van der Waals surface area (Å²) in [5.74, 6) is 0.566. The second-order valence-electron chi connectivity index (χ2n) is 9.59. The Kier molecular flexibility index (Phi) is 7.58. The number of halogens is 3. The lowest BCUT2D eigenvalue weighted by Gasteiger charge is -2.13. The van der Waals surface area contributed by atoms with Gasteiger partial charge < -0.3 is 21.3 Å². The fourth-order valence-corrected chi connectivity index (χ4v) is 3.99. The van der Waals surface area contributed by atoms with Crippen molar-refractivity contribution >= 4 is 34.3 Å². The number of carbonyl (C=O) groups excluding carboxylic acids is 1. The Bertz CT molecular complexity index is 1440. The minimum Gasteiger partial charge on any atom is -0.382 e. The first-order valence-electron chi connectivity index (χ1n) is 12.1. The highest BCUT2D eigenvalue weighted by Gasteiger charge is 2.30. The summed E-state index contributed by atoms with van der Waals surface area (Å²) in [5.41, 5.74) is 9.37. The van der Waals surface area contributed by atoms with Crippen molar-refractivity contribution in [2.75, 3.05) is 37.0 Å². The van der Waals surface area contributed by atoms with Gasteiger partial charge >= 0.3 is 12.2 Å². The summed E-state index contributed by atoms with van der Waals surface area (Å²) in [6.07, 6.45) is -4.50. The van der Waals surface area contributed by atoms with E-state index in [4.69, 9.17) is 10.7 Å². The second kappa shape index (κ2) is 10.7. The number of nitrogen functional groups attached to an aromatic ring is 1. The molecule has 200 valence electrons. The number of carbonyl (C=O) groups is 1. The van der Waals surface area contributed by atoms with E-state index in [-0.39, 0.29) is 11.6 Å². The minimum absolute atomic E-state index is 0.0380. The fraction of sp³-hybridized carbons (Fsp3) is 0.296. The van der Waals surface area contributed by atoms with E-state index < -0.39 is 17.8 Å². The quantitative estimate of drug-likeness (QED) is 0.274. The summed E-state index contributed by atoms with van der Waals surface area (Å²) in [5, 5.41) is 10.4. The molecule has 0 spiro atoms. The lowest BCUT2D eigenvalue weighted by molar-refractivity contribution is -0.137. The summed E-state index contributed by atoms with van der Waals surface area (Å²) >= 11 is 0. The van der Waals surface area contributed by atoms with Crippen LogP contribution in [0.3, 0.4) is 0 Å². The molecule has 8 nitrogen and oxygen atoms in total. The predicted molar refractivity (Wildman–Crippen MR) is 144 cm³/mol. The highest BCUT2D eigenvalue weighted by atomic mass is 19.4. The number of pyridine rings is 1. The van der Waals surface area contributed by atoms with E-state index in [2.05, 4.69) is 34.5 Å². The number of alkyl halides is 3. The molecule has 0 fully saturated rings. The molecule has 4 N–H and O–H groups in total.